The second kappa shape index (κ2) is 4.43. The van der Waals surface area contributed by atoms with Crippen molar-refractivity contribution in [2.45, 2.75) is 32.7 Å². The van der Waals surface area contributed by atoms with E-state index in [0.717, 1.165) is 24.1 Å². The van der Waals surface area contributed by atoms with E-state index in [1.54, 1.807) is 0 Å². The maximum Gasteiger partial charge on any atom is 0.179 e. The van der Waals surface area contributed by atoms with Crippen molar-refractivity contribution in [2.75, 3.05) is 5.88 Å². The van der Waals surface area contributed by atoms with E-state index in [1.165, 1.54) is 16.5 Å². The topological polar surface area (TPSA) is 22.0 Å². The van der Waals surface area contributed by atoms with Gasteiger partial charge < -0.3 is 4.57 Å². The van der Waals surface area contributed by atoms with Crippen molar-refractivity contribution >= 4 is 28.3 Å². The second-order valence-electron chi connectivity index (χ2n) is 4.97. The Kier molecular flexibility index (Phi) is 2.90. The quantitative estimate of drug-likeness (QED) is 0.756. The summed E-state index contributed by atoms with van der Waals surface area (Å²) in [5, 5.41) is 1.24. The molecule has 18 heavy (non-hydrogen) atoms. The van der Waals surface area contributed by atoms with Crippen LogP contribution < -0.4 is 0 Å². The predicted molar refractivity (Wildman–Crippen MR) is 74.7 cm³/mol. The molecule has 1 aromatic heterocycles. The Labute approximate surface area is 112 Å². The standard InChI is InChI=1S/C15H16ClNO/c1-10-5-6-13-12(9-10)11-3-2-4-14(18)15(11)17(13)8-7-16/h5-6,9H,2-4,7-8H2,1H3. The van der Waals surface area contributed by atoms with Gasteiger partial charge in [0.05, 0.1) is 5.69 Å². The molecule has 0 amide bonds. The molecule has 0 bridgehead atoms. The molecule has 0 unspecified atom stereocenters. The van der Waals surface area contributed by atoms with Crippen LogP contribution in [-0.2, 0) is 13.0 Å². The number of aromatic nitrogens is 1. The third-order valence-electron chi connectivity index (χ3n) is 3.73. The van der Waals surface area contributed by atoms with Crippen LogP contribution in [0.3, 0.4) is 0 Å². The van der Waals surface area contributed by atoms with Crippen molar-refractivity contribution in [1.82, 2.24) is 4.57 Å². The fraction of sp³-hybridized carbons (Fsp3) is 0.400. The average molecular weight is 262 g/mol. The van der Waals surface area contributed by atoms with Crippen LogP contribution in [-0.4, -0.2) is 16.2 Å². The van der Waals surface area contributed by atoms with Gasteiger partial charge in [-0.1, -0.05) is 11.6 Å². The Morgan fingerprint density at radius 3 is 2.94 bits per heavy atom. The van der Waals surface area contributed by atoms with E-state index in [0.29, 0.717) is 18.8 Å². The van der Waals surface area contributed by atoms with Gasteiger partial charge in [-0.25, -0.2) is 0 Å². The molecule has 0 spiro atoms. The Balaban J connectivity index is 2.35. The third-order valence-corrected chi connectivity index (χ3v) is 3.90. The molecule has 94 valence electrons. The molecule has 1 aromatic carbocycles. The number of hydrogen-bond donors (Lipinski definition) is 0. The Morgan fingerprint density at radius 1 is 1.33 bits per heavy atom. The van der Waals surface area contributed by atoms with Crippen molar-refractivity contribution in [3.05, 3.63) is 35.0 Å². The summed E-state index contributed by atoms with van der Waals surface area (Å²) in [6.07, 6.45) is 2.65. The van der Waals surface area contributed by atoms with Gasteiger partial charge in [-0.3, -0.25) is 4.79 Å². The first-order valence-electron chi connectivity index (χ1n) is 6.43. The molecule has 2 nitrogen and oxygen atoms in total. The third kappa shape index (κ3) is 1.67. The van der Waals surface area contributed by atoms with E-state index in [-0.39, 0.29) is 5.78 Å². The largest absolute Gasteiger partial charge is 0.337 e. The summed E-state index contributed by atoms with van der Waals surface area (Å²) >= 11 is 5.88. The van der Waals surface area contributed by atoms with Gasteiger partial charge in [-0.15, -0.1) is 11.6 Å². The zero-order valence-corrected chi connectivity index (χ0v) is 11.3. The zero-order chi connectivity index (χ0) is 12.7. The molecule has 1 heterocycles. The lowest BCUT2D eigenvalue weighted by molar-refractivity contribution is 0.0964. The highest BCUT2D eigenvalue weighted by Gasteiger charge is 2.25. The number of aryl methyl sites for hydroxylation is 3. The van der Waals surface area contributed by atoms with E-state index in [4.69, 9.17) is 11.6 Å². The summed E-state index contributed by atoms with van der Waals surface area (Å²) in [7, 11) is 0. The number of hydrogen-bond acceptors (Lipinski definition) is 1. The number of Topliss-reactive ketones (excluding diaryl/α,β-unsaturated/α-hetero) is 1. The molecule has 0 fully saturated rings. The summed E-state index contributed by atoms with van der Waals surface area (Å²) in [4.78, 5) is 12.2. The molecule has 0 saturated carbocycles. The lowest BCUT2D eigenvalue weighted by atomic mass is 9.94. The van der Waals surface area contributed by atoms with Gasteiger partial charge in [-0.05, 0) is 37.5 Å². The van der Waals surface area contributed by atoms with Gasteiger partial charge in [-0.2, -0.15) is 0 Å². The molecule has 0 radical (unpaired) electrons. The molecule has 1 aliphatic rings. The fourth-order valence-electron chi connectivity index (χ4n) is 2.97. The Bertz CT molecular complexity index is 627. The lowest BCUT2D eigenvalue weighted by Crippen LogP contribution is -2.15. The monoisotopic (exact) mass is 261 g/mol. The summed E-state index contributed by atoms with van der Waals surface area (Å²) in [6.45, 7) is 2.80. The number of nitrogens with zero attached hydrogens (tertiary/aromatic N) is 1. The van der Waals surface area contributed by atoms with Crippen molar-refractivity contribution in [3.8, 4) is 0 Å². The van der Waals surface area contributed by atoms with Crippen LogP contribution in [0.15, 0.2) is 18.2 Å². The highest BCUT2D eigenvalue weighted by Crippen LogP contribution is 2.32. The van der Waals surface area contributed by atoms with Crippen molar-refractivity contribution in [2.24, 2.45) is 0 Å². The molecule has 0 atom stereocenters. The maximum absolute atomic E-state index is 12.2. The zero-order valence-electron chi connectivity index (χ0n) is 10.5. The average Bonchev–Trinajstić information content (AvgIpc) is 2.66. The molecule has 0 N–H and O–H groups in total. The number of ketones is 1. The normalized spacial score (nSPS) is 15.1. The van der Waals surface area contributed by atoms with Crippen LogP contribution in [0.2, 0.25) is 0 Å². The van der Waals surface area contributed by atoms with Crippen molar-refractivity contribution in [3.63, 3.8) is 0 Å². The van der Waals surface area contributed by atoms with E-state index in [1.807, 2.05) is 0 Å². The van der Waals surface area contributed by atoms with Crippen LogP contribution in [0.5, 0.6) is 0 Å². The number of benzene rings is 1. The SMILES string of the molecule is Cc1ccc2c(c1)c1c(n2CCCl)C(=O)CCC1. The maximum atomic E-state index is 12.2. The van der Waals surface area contributed by atoms with E-state index in [9.17, 15) is 4.79 Å². The number of rotatable bonds is 2. The first kappa shape index (κ1) is 11.8. The summed E-state index contributed by atoms with van der Waals surface area (Å²) in [6, 6.07) is 6.41. The Morgan fingerprint density at radius 2 is 2.17 bits per heavy atom. The number of halogens is 1. The van der Waals surface area contributed by atoms with Gasteiger partial charge in [0.25, 0.3) is 0 Å². The molecule has 2 aromatic rings. The van der Waals surface area contributed by atoms with E-state index < -0.39 is 0 Å². The van der Waals surface area contributed by atoms with E-state index >= 15 is 0 Å². The van der Waals surface area contributed by atoms with Gasteiger partial charge >= 0.3 is 0 Å². The van der Waals surface area contributed by atoms with Gasteiger partial charge in [0, 0.05) is 29.7 Å². The number of carbonyl (C=O) groups excluding carboxylic acids is 1. The van der Waals surface area contributed by atoms with Crippen molar-refractivity contribution in [1.29, 1.82) is 0 Å². The highest BCUT2D eigenvalue weighted by atomic mass is 35.5. The van der Waals surface area contributed by atoms with Crippen molar-refractivity contribution < 1.29 is 4.79 Å². The molecule has 3 rings (SSSR count). The number of fused-ring (bicyclic) bond motifs is 3. The molecule has 0 saturated heterocycles. The van der Waals surface area contributed by atoms with Crippen LogP contribution in [0.4, 0.5) is 0 Å². The van der Waals surface area contributed by atoms with Gasteiger partial charge in [0.15, 0.2) is 5.78 Å². The highest BCUT2D eigenvalue weighted by molar-refractivity contribution is 6.18. The first-order valence-corrected chi connectivity index (χ1v) is 6.96. The van der Waals surface area contributed by atoms with Gasteiger partial charge in [0.1, 0.15) is 0 Å². The number of alkyl halides is 1. The van der Waals surface area contributed by atoms with Crippen LogP contribution in [0.25, 0.3) is 10.9 Å². The summed E-state index contributed by atoms with van der Waals surface area (Å²) in [5.41, 5.74) is 4.53. The minimum atomic E-state index is 0.273. The predicted octanol–water partition coefficient (Wildman–Crippen LogP) is 3.71. The first-order chi connectivity index (χ1) is 8.72. The molecule has 0 aliphatic heterocycles. The van der Waals surface area contributed by atoms with E-state index in [2.05, 4.69) is 29.7 Å². The molecular formula is C15H16ClNO. The van der Waals surface area contributed by atoms with Crippen LogP contribution in [0, 0.1) is 6.92 Å². The number of carbonyl (C=O) groups is 1. The smallest absolute Gasteiger partial charge is 0.179 e. The summed E-state index contributed by atoms with van der Waals surface area (Å²) in [5.74, 6) is 0.812. The lowest BCUT2D eigenvalue weighted by Gasteiger charge is -2.13. The summed E-state index contributed by atoms with van der Waals surface area (Å²) < 4.78 is 2.11. The molecule has 1 aliphatic carbocycles. The minimum absolute atomic E-state index is 0.273. The van der Waals surface area contributed by atoms with Gasteiger partial charge in [0.2, 0.25) is 0 Å². The molecular weight excluding hydrogens is 246 g/mol. The fourth-order valence-corrected chi connectivity index (χ4v) is 3.14. The molecule has 3 heteroatoms. The minimum Gasteiger partial charge on any atom is -0.337 e. The Hall–Kier alpha value is -1.28. The van der Waals surface area contributed by atoms with Crippen LogP contribution in [0.1, 0.15) is 34.5 Å². The van der Waals surface area contributed by atoms with Crippen LogP contribution >= 0.6 is 11.6 Å². The second-order valence-corrected chi connectivity index (χ2v) is 5.34.